The number of rotatable bonds is 3. The fourth-order valence-electron chi connectivity index (χ4n) is 3.02. The number of hydrogen-bond donors (Lipinski definition) is 2. The van der Waals surface area contributed by atoms with E-state index in [4.69, 9.17) is 33.0 Å². The number of benzene rings is 2. The lowest BCUT2D eigenvalue weighted by atomic mass is 9.97. The summed E-state index contributed by atoms with van der Waals surface area (Å²) in [4.78, 5) is 10.9. The molecule has 0 aliphatic carbocycles. The molecule has 0 bridgehead atoms. The molecule has 0 fully saturated rings. The SMILES string of the molecule is Cc1cc2c(c(-c3cc(Cl)ccc3Cl)c1)OC(C(C)NC(=O)O)C2. The van der Waals surface area contributed by atoms with Gasteiger partial charge in [0.15, 0.2) is 0 Å². The highest BCUT2D eigenvalue weighted by atomic mass is 35.5. The fraction of sp³-hybridized carbons (Fsp3) is 0.278. The van der Waals surface area contributed by atoms with Crippen LogP contribution in [0.1, 0.15) is 18.1 Å². The number of halogens is 2. The van der Waals surface area contributed by atoms with Crippen LogP contribution < -0.4 is 10.1 Å². The van der Waals surface area contributed by atoms with Crippen LogP contribution in [-0.4, -0.2) is 23.3 Å². The maximum absolute atomic E-state index is 10.9. The average molecular weight is 366 g/mol. The second-order valence-electron chi connectivity index (χ2n) is 6.02. The minimum Gasteiger partial charge on any atom is -0.487 e. The van der Waals surface area contributed by atoms with E-state index >= 15 is 0 Å². The van der Waals surface area contributed by atoms with E-state index in [9.17, 15) is 4.79 Å². The summed E-state index contributed by atoms with van der Waals surface area (Å²) in [5.41, 5.74) is 3.82. The lowest BCUT2D eigenvalue weighted by molar-refractivity contribution is 0.160. The van der Waals surface area contributed by atoms with Gasteiger partial charge < -0.3 is 15.2 Å². The van der Waals surface area contributed by atoms with Crippen molar-refractivity contribution in [2.45, 2.75) is 32.4 Å². The van der Waals surface area contributed by atoms with Crippen molar-refractivity contribution in [2.24, 2.45) is 0 Å². The van der Waals surface area contributed by atoms with Crippen molar-refractivity contribution in [3.05, 3.63) is 51.5 Å². The summed E-state index contributed by atoms with van der Waals surface area (Å²) >= 11 is 12.5. The quantitative estimate of drug-likeness (QED) is 0.810. The van der Waals surface area contributed by atoms with E-state index in [2.05, 4.69) is 11.4 Å². The van der Waals surface area contributed by atoms with E-state index < -0.39 is 6.09 Å². The molecule has 1 heterocycles. The van der Waals surface area contributed by atoms with Crippen molar-refractivity contribution >= 4 is 29.3 Å². The van der Waals surface area contributed by atoms with E-state index in [1.165, 1.54) is 0 Å². The number of carbonyl (C=O) groups is 1. The van der Waals surface area contributed by atoms with Gasteiger partial charge >= 0.3 is 6.09 Å². The molecule has 3 rings (SSSR count). The van der Waals surface area contributed by atoms with Gasteiger partial charge in [-0.2, -0.15) is 0 Å². The molecule has 2 aromatic rings. The van der Waals surface area contributed by atoms with Crippen molar-refractivity contribution in [3.8, 4) is 16.9 Å². The second-order valence-corrected chi connectivity index (χ2v) is 6.87. The molecule has 2 atom stereocenters. The molecule has 0 aromatic heterocycles. The van der Waals surface area contributed by atoms with E-state index in [0.717, 1.165) is 28.0 Å². The molecule has 0 saturated carbocycles. The summed E-state index contributed by atoms with van der Waals surface area (Å²) in [5, 5.41) is 12.6. The first-order valence-corrected chi connectivity index (χ1v) is 8.36. The minimum absolute atomic E-state index is 0.255. The van der Waals surface area contributed by atoms with Crippen molar-refractivity contribution in [1.29, 1.82) is 0 Å². The summed E-state index contributed by atoms with van der Waals surface area (Å²) in [7, 11) is 0. The highest BCUT2D eigenvalue weighted by Crippen LogP contribution is 2.43. The molecule has 1 aliphatic heterocycles. The van der Waals surface area contributed by atoms with Crippen molar-refractivity contribution in [2.75, 3.05) is 0 Å². The van der Waals surface area contributed by atoms with E-state index in [-0.39, 0.29) is 12.1 Å². The molecular weight excluding hydrogens is 349 g/mol. The molecule has 0 radical (unpaired) electrons. The summed E-state index contributed by atoms with van der Waals surface area (Å²) in [6.07, 6.45) is -0.671. The van der Waals surface area contributed by atoms with Crippen LogP contribution in [0.5, 0.6) is 5.75 Å². The van der Waals surface area contributed by atoms with Crippen LogP contribution in [0.3, 0.4) is 0 Å². The van der Waals surface area contributed by atoms with Gasteiger partial charge in [0.25, 0.3) is 0 Å². The molecule has 6 heteroatoms. The van der Waals surface area contributed by atoms with Crippen molar-refractivity contribution < 1.29 is 14.6 Å². The number of carboxylic acid groups (broad SMARTS) is 1. The predicted molar refractivity (Wildman–Crippen MR) is 95.4 cm³/mol. The Morgan fingerprint density at radius 2 is 2.04 bits per heavy atom. The van der Waals surface area contributed by atoms with Gasteiger partial charge in [-0.15, -0.1) is 0 Å². The van der Waals surface area contributed by atoms with Gasteiger partial charge in [0.05, 0.1) is 6.04 Å². The summed E-state index contributed by atoms with van der Waals surface area (Å²) in [6.45, 7) is 3.80. The smallest absolute Gasteiger partial charge is 0.404 e. The standard InChI is InChI=1S/C18H17Cl2NO3/c1-9-5-11-7-16(10(2)21-18(22)23)24-17(11)14(6-9)13-8-12(19)3-4-15(13)20/h3-6,8,10,16,21H,7H2,1-2H3,(H,22,23). The molecule has 1 amide bonds. The Balaban J connectivity index is 2.01. The molecule has 2 aromatic carbocycles. The first-order chi connectivity index (χ1) is 11.3. The molecule has 0 saturated heterocycles. The van der Waals surface area contributed by atoms with Crippen molar-refractivity contribution in [3.63, 3.8) is 0 Å². The van der Waals surface area contributed by atoms with Gasteiger partial charge in [0.2, 0.25) is 0 Å². The van der Waals surface area contributed by atoms with Crippen LogP contribution in [0.4, 0.5) is 4.79 Å². The monoisotopic (exact) mass is 365 g/mol. The number of nitrogens with one attached hydrogen (secondary N) is 1. The van der Waals surface area contributed by atoms with Gasteiger partial charge in [0, 0.05) is 27.6 Å². The van der Waals surface area contributed by atoms with Crippen LogP contribution in [0.2, 0.25) is 10.0 Å². The maximum Gasteiger partial charge on any atom is 0.404 e. The minimum atomic E-state index is -1.06. The molecule has 2 N–H and O–H groups in total. The average Bonchev–Trinajstić information content (AvgIpc) is 2.92. The van der Waals surface area contributed by atoms with Gasteiger partial charge in [-0.3, -0.25) is 0 Å². The zero-order valence-corrected chi connectivity index (χ0v) is 14.8. The van der Waals surface area contributed by atoms with Crippen LogP contribution in [0.25, 0.3) is 11.1 Å². The number of aryl methyl sites for hydroxylation is 1. The highest BCUT2D eigenvalue weighted by molar-refractivity contribution is 6.35. The normalized spacial score (nSPS) is 17.1. The lowest BCUT2D eigenvalue weighted by Crippen LogP contribution is -2.42. The predicted octanol–water partition coefficient (Wildman–Crippen LogP) is 4.93. The third-order valence-corrected chi connectivity index (χ3v) is 4.69. The Kier molecular flexibility index (Phi) is 4.61. The largest absolute Gasteiger partial charge is 0.487 e. The molecule has 2 unspecified atom stereocenters. The van der Waals surface area contributed by atoms with Crippen LogP contribution in [-0.2, 0) is 6.42 Å². The van der Waals surface area contributed by atoms with E-state index in [0.29, 0.717) is 16.5 Å². The Hall–Kier alpha value is -1.91. The Morgan fingerprint density at radius 3 is 2.75 bits per heavy atom. The van der Waals surface area contributed by atoms with Crippen LogP contribution >= 0.6 is 23.2 Å². The van der Waals surface area contributed by atoms with Gasteiger partial charge in [-0.25, -0.2) is 4.79 Å². The van der Waals surface area contributed by atoms with Gasteiger partial charge in [-0.05, 0) is 49.2 Å². The molecular formula is C18H17Cl2NO3. The van der Waals surface area contributed by atoms with Crippen LogP contribution in [0, 0.1) is 6.92 Å². The first kappa shape index (κ1) is 16.9. The molecule has 1 aliphatic rings. The Morgan fingerprint density at radius 1 is 1.29 bits per heavy atom. The van der Waals surface area contributed by atoms with Gasteiger partial charge in [-0.1, -0.05) is 29.3 Å². The third kappa shape index (κ3) is 3.30. The lowest BCUT2D eigenvalue weighted by Gasteiger charge is -2.19. The zero-order valence-electron chi connectivity index (χ0n) is 13.3. The van der Waals surface area contributed by atoms with E-state index in [1.54, 1.807) is 19.1 Å². The molecule has 126 valence electrons. The second kappa shape index (κ2) is 6.54. The maximum atomic E-state index is 10.9. The topological polar surface area (TPSA) is 58.6 Å². The van der Waals surface area contributed by atoms with E-state index in [1.807, 2.05) is 19.1 Å². The third-order valence-electron chi connectivity index (χ3n) is 4.13. The zero-order chi connectivity index (χ0) is 17.4. The molecule has 24 heavy (non-hydrogen) atoms. The Labute approximate surface area is 150 Å². The highest BCUT2D eigenvalue weighted by Gasteiger charge is 2.31. The number of amides is 1. The molecule has 0 spiro atoms. The summed E-state index contributed by atoms with van der Waals surface area (Å²) in [6, 6.07) is 9.06. The number of hydrogen-bond acceptors (Lipinski definition) is 2. The Bertz CT molecular complexity index is 807. The first-order valence-electron chi connectivity index (χ1n) is 7.60. The number of fused-ring (bicyclic) bond motifs is 1. The summed E-state index contributed by atoms with van der Waals surface area (Å²) < 4.78 is 6.08. The number of ether oxygens (including phenoxy) is 1. The van der Waals surface area contributed by atoms with Crippen LogP contribution in [0.15, 0.2) is 30.3 Å². The summed E-state index contributed by atoms with van der Waals surface area (Å²) in [5.74, 6) is 0.744. The molecule has 4 nitrogen and oxygen atoms in total. The fourth-order valence-corrected chi connectivity index (χ4v) is 3.41. The van der Waals surface area contributed by atoms with Crippen molar-refractivity contribution in [1.82, 2.24) is 5.32 Å². The van der Waals surface area contributed by atoms with Gasteiger partial charge in [0.1, 0.15) is 11.9 Å².